The lowest BCUT2D eigenvalue weighted by atomic mass is 10.1. The van der Waals surface area contributed by atoms with Crippen molar-refractivity contribution < 1.29 is 4.74 Å². The maximum atomic E-state index is 5.56. The van der Waals surface area contributed by atoms with Crippen LogP contribution in [-0.2, 0) is 12.8 Å². The third-order valence-electron chi connectivity index (χ3n) is 4.30. The Morgan fingerprint density at radius 2 is 2.37 bits per heavy atom. The molecular formula is C16H24N2O. The van der Waals surface area contributed by atoms with Crippen LogP contribution in [-0.4, -0.2) is 43.7 Å². The van der Waals surface area contributed by atoms with Crippen LogP contribution < -0.4 is 10.1 Å². The van der Waals surface area contributed by atoms with Crippen LogP contribution in [0.5, 0.6) is 5.75 Å². The number of nitrogens with zero attached hydrogens (tertiary/aromatic N) is 1. The maximum Gasteiger partial charge on any atom is 0.122 e. The molecule has 1 atom stereocenters. The summed E-state index contributed by atoms with van der Waals surface area (Å²) in [7, 11) is 0. The van der Waals surface area contributed by atoms with E-state index in [1.54, 1.807) is 0 Å². The average Bonchev–Trinajstić information content (AvgIpc) is 2.93. The normalized spacial score (nSPS) is 23.1. The number of ether oxygens (including phenoxy) is 1. The van der Waals surface area contributed by atoms with Crippen LogP contribution in [0.25, 0.3) is 0 Å². The molecule has 19 heavy (non-hydrogen) atoms. The molecule has 0 aromatic heterocycles. The predicted molar refractivity (Wildman–Crippen MR) is 77.9 cm³/mol. The molecule has 0 amide bonds. The monoisotopic (exact) mass is 260 g/mol. The van der Waals surface area contributed by atoms with Crippen molar-refractivity contribution in [2.75, 3.05) is 32.8 Å². The van der Waals surface area contributed by atoms with E-state index in [-0.39, 0.29) is 0 Å². The van der Waals surface area contributed by atoms with Gasteiger partial charge in [-0.1, -0.05) is 19.1 Å². The van der Waals surface area contributed by atoms with E-state index in [1.807, 2.05) is 0 Å². The van der Waals surface area contributed by atoms with E-state index in [0.717, 1.165) is 31.7 Å². The number of hydrogen-bond donors (Lipinski definition) is 1. The molecule has 2 aliphatic rings. The Kier molecular flexibility index (Phi) is 4.04. The van der Waals surface area contributed by atoms with E-state index in [1.165, 1.54) is 37.2 Å². The lowest BCUT2D eigenvalue weighted by Gasteiger charge is -2.33. The van der Waals surface area contributed by atoms with Gasteiger partial charge in [-0.05, 0) is 30.0 Å². The molecule has 1 aromatic rings. The van der Waals surface area contributed by atoms with Crippen molar-refractivity contribution in [2.45, 2.75) is 32.2 Å². The van der Waals surface area contributed by atoms with Crippen molar-refractivity contribution >= 4 is 0 Å². The van der Waals surface area contributed by atoms with E-state index in [0.29, 0.717) is 6.04 Å². The summed E-state index contributed by atoms with van der Waals surface area (Å²) in [4.78, 5) is 2.59. The van der Waals surface area contributed by atoms with Crippen LogP contribution in [0.2, 0.25) is 0 Å². The van der Waals surface area contributed by atoms with Crippen molar-refractivity contribution in [3.05, 3.63) is 29.3 Å². The zero-order valence-electron chi connectivity index (χ0n) is 11.8. The Labute approximate surface area is 115 Å². The minimum absolute atomic E-state index is 0.683. The first kappa shape index (κ1) is 12.9. The first-order chi connectivity index (χ1) is 9.35. The number of benzene rings is 1. The standard InChI is InChI=1S/C16H24N2O/c1-2-15-12-18(9-7-17-15)8-5-13-3-4-16-14(11-13)6-10-19-16/h3-4,11,15,17H,2,5-10,12H2,1H3. The molecule has 104 valence electrons. The van der Waals surface area contributed by atoms with Gasteiger partial charge in [0, 0.05) is 38.6 Å². The molecule has 0 radical (unpaired) electrons. The molecule has 0 aliphatic carbocycles. The molecule has 1 aromatic carbocycles. The topological polar surface area (TPSA) is 24.5 Å². The molecule has 2 heterocycles. The van der Waals surface area contributed by atoms with Gasteiger partial charge >= 0.3 is 0 Å². The summed E-state index contributed by atoms with van der Waals surface area (Å²) in [6.45, 7) is 7.82. The van der Waals surface area contributed by atoms with Crippen LogP contribution in [0.15, 0.2) is 18.2 Å². The highest BCUT2D eigenvalue weighted by atomic mass is 16.5. The third-order valence-corrected chi connectivity index (χ3v) is 4.30. The van der Waals surface area contributed by atoms with Gasteiger partial charge in [0.05, 0.1) is 6.61 Å². The minimum Gasteiger partial charge on any atom is -0.493 e. The van der Waals surface area contributed by atoms with E-state index in [2.05, 4.69) is 35.3 Å². The fourth-order valence-corrected chi connectivity index (χ4v) is 3.05. The Hall–Kier alpha value is -1.06. The molecule has 0 saturated carbocycles. The first-order valence-corrected chi connectivity index (χ1v) is 7.55. The molecule has 1 N–H and O–H groups in total. The summed E-state index contributed by atoms with van der Waals surface area (Å²) >= 11 is 0. The molecule has 0 spiro atoms. The van der Waals surface area contributed by atoms with Crippen LogP contribution in [0.3, 0.4) is 0 Å². The Morgan fingerprint density at radius 3 is 3.26 bits per heavy atom. The van der Waals surface area contributed by atoms with E-state index < -0.39 is 0 Å². The van der Waals surface area contributed by atoms with Crippen molar-refractivity contribution in [3.8, 4) is 5.75 Å². The fraction of sp³-hybridized carbons (Fsp3) is 0.625. The summed E-state index contributed by atoms with van der Waals surface area (Å²) in [5.41, 5.74) is 2.85. The number of nitrogens with one attached hydrogen (secondary N) is 1. The summed E-state index contributed by atoms with van der Waals surface area (Å²) in [6, 6.07) is 7.39. The maximum absolute atomic E-state index is 5.56. The first-order valence-electron chi connectivity index (χ1n) is 7.55. The number of piperazine rings is 1. The largest absolute Gasteiger partial charge is 0.493 e. The molecular weight excluding hydrogens is 236 g/mol. The van der Waals surface area contributed by atoms with Crippen LogP contribution in [0.4, 0.5) is 0 Å². The SMILES string of the molecule is CCC1CN(CCc2ccc3c(c2)CCO3)CCN1. The van der Waals surface area contributed by atoms with E-state index in [9.17, 15) is 0 Å². The van der Waals surface area contributed by atoms with Gasteiger partial charge in [-0.25, -0.2) is 0 Å². The van der Waals surface area contributed by atoms with Crippen LogP contribution in [0, 0.1) is 0 Å². The lowest BCUT2D eigenvalue weighted by molar-refractivity contribution is 0.199. The Morgan fingerprint density at radius 1 is 1.42 bits per heavy atom. The van der Waals surface area contributed by atoms with Gasteiger partial charge in [-0.3, -0.25) is 0 Å². The van der Waals surface area contributed by atoms with Gasteiger partial charge in [0.1, 0.15) is 5.75 Å². The smallest absolute Gasteiger partial charge is 0.122 e. The minimum atomic E-state index is 0.683. The summed E-state index contributed by atoms with van der Waals surface area (Å²) < 4.78 is 5.56. The van der Waals surface area contributed by atoms with E-state index >= 15 is 0 Å². The highest BCUT2D eigenvalue weighted by Gasteiger charge is 2.17. The molecule has 2 aliphatic heterocycles. The van der Waals surface area contributed by atoms with Gasteiger partial charge in [0.15, 0.2) is 0 Å². The second kappa shape index (κ2) is 5.93. The lowest BCUT2D eigenvalue weighted by Crippen LogP contribution is -2.50. The molecule has 3 heteroatoms. The highest BCUT2D eigenvalue weighted by molar-refractivity contribution is 5.39. The summed E-state index contributed by atoms with van der Waals surface area (Å²) in [6.07, 6.45) is 3.46. The van der Waals surface area contributed by atoms with Crippen molar-refractivity contribution in [1.82, 2.24) is 10.2 Å². The molecule has 3 rings (SSSR count). The van der Waals surface area contributed by atoms with Gasteiger partial charge in [0.2, 0.25) is 0 Å². The number of hydrogen-bond acceptors (Lipinski definition) is 3. The van der Waals surface area contributed by atoms with Crippen LogP contribution >= 0.6 is 0 Å². The molecule has 0 bridgehead atoms. The second-order valence-corrected chi connectivity index (χ2v) is 5.65. The number of fused-ring (bicyclic) bond motifs is 1. The quantitative estimate of drug-likeness (QED) is 0.894. The molecule has 1 fully saturated rings. The predicted octanol–water partition coefficient (Wildman–Crippen LogP) is 1.85. The zero-order chi connectivity index (χ0) is 13.1. The van der Waals surface area contributed by atoms with Crippen molar-refractivity contribution in [3.63, 3.8) is 0 Å². The third kappa shape index (κ3) is 3.10. The Balaban J connectivity index is 1.54. The fourth-order valence-electron chi connectivity index (χ4n) is 3.05. The van der Waals surface area contributed by atoms with Crippen molar-refractivity contribution in [2.24, 2.45) is 0 Å². The highest BCUT2D eigenvalue weighted by Crippen LogP contribution is 2.26. The summed E-state index contributed by atoms with van der Waals surface area (Å²) in [5.74, 6) is 1.09. The van der Waals surface area contributed by atoms with Gasteiger partial charge < -0.3 is 15.0 Å². The van der Waals surface area contributed by atoms with Gasteiger partial charge in [-0.15, -0.1) is 0 Å². The number of rotatable bonds is 4. The summed E-state index contributed by atoms with van der Waals surface area (Å²) in [5, 5.41) is 3.57. The van der Waals surface area contributed by atoms with Gasteiger partial charge in [0.25, 0.3) is 0 Å². The Bertz CT molecular complexity index is 433. The average molecular weight is 260 g/mol. The molecule has 1 unspecified atom stereocenters. The second-order valence-electron chi connectivity index (χ2n) is 5.65. The van der Waals surface area contributed by atoms with Crippen molar-refractivity contribution in [1.29, 1.82) is 0 Å². The van der Waals surface area contributed by atoms with Crippen LogP contribution in [0.1, 0.15) is 24.5 Å². The zero-order valence-corrected chi connectivity index (χ0v) is 11.8. The molecule has 3 nitrogen and oxygen atoms in total. The van der Waals surface area contributed by atoms with Gasteiger partial charge in [-0.2, -0.15) is 0 Å². The molecule has 1 saturated heterocycles. The van der Waals surface area contributed by atoms with E-state index in [4.69, 9.17) is 4.74 Å².